The highest BCUT2D eigenvalue weighted by atomic mass is 32.2. The minimum atomic E-state index is -0.234. The molecule has 1 amide bonds. The predicted octanol–water partition coefficient (Wildman–Crippen LogP) is 4.89. The topological polar surface area (TPSA) is 105 Å². The first-order valence-electron chi connectivity index (χ1n) is 11.3. The number of para-hydroxylation sites is 1. The summed E-state index contributed by atoms with van der Waals surface area (Å²) in [5.74, 6) is 1.78. The number of Topliss-reactive ketones (excluding diaryl/α,β-unsaturated/α-hetero) is 1. The molecule has 37 heavy (non-hydrogen) atoms. The number of anilines is 1. The lowest BCUT2D eigenvalue weighted by Gasteiger charge is -2.15. The van der Waals surface area contributed by atoms with E-state index in [2.05, 4.69) is 15.5 Å². The number of carbonyl (C=O) groups excluding carboxylic acids is 2. The third-order valence-corrected chi connectivity index (χ3v) is 6.38. The molecule has 0 bridgehead atoms. The maximum absolute atomic E-state index is 12.7. The average molecular weight is 519 g/mol. The van der Waals surface area contributed by atoms with Crippen molar-refractivity contribution in [3.63, 3.8) is 0 Å². The van der Waals surface area contributed by atoms with Gasteiger partial charge in [0.15, 0.2) is 28.3 Å². The zero-order valence-electron chi connectivity index (χ0n) is 20.8. The third-order valence-electron chi connectivity index (χ3n) is 5.46. The molecule has 1 heterocycles. The summed E-state index contributed by atoms with van der Waals surface area (Å²) in [6.45, 7) is 1.48. The number of carbonyl (C=O) groups is 2. The fraction of sp³-hybridized carbons (Fsp3) is 0.185. The van der Waals surface area contributed by atoms with Crippen molar-refractivity contribution < 1.29 is 23.8 Å². The van der Waals surface area contributed by atoms with Crippen LogP contribution in [-0.2, 0) is 4.79 Å². The minimum absolute atomic E-state index is 0.0687. The molecule has 0 aliphatic carbocycles. The van der Waals surface area contributed by atoms with E-state index in [9.17, 15) is 9.59 Å². The summed E-state index contributed by atoms with van der Waals surface area (Å²) >= 11 is 1.25. The van der Waals surface area contributed by atoms with Gasteiger partial charge in [-0.15, -0.1) is 10.2 Å². The molecule has 0 aliphatic rings. The first kappa shape index (κ1) is 25.8. The number of ketones is 1. The van der Waals surface area contributed by atoms with Crippen LogP contribution in [0.1, 0.15) is 17.3 Å². The summed E-state index contributed by atoms with van der Waals surface area (Å²) in [7, 11) is 4.65. The quantitative estimate of drug-likeness (QED) is 0.234. The molecule has 0 atom stereocenters. The molecular weight excluding hydrogens is 492 g/mol. The Morgan fingerprint density at radius 2 is 1.59 bits per heavy atom. The maximum atomic E-state index is 12.7. The summed E-state index contributed by atoms with van der Waals surface area (Å²) < 4.78 is 18.3. The molecule has 9 nitrogen and oxygen atoms in total. The van der Waals surface area contributed by atoms with Gasteiger partial charge in [0.1, 0.15) is 0 Å². The van der Waals surface area contributed by atoms with E-state index in [1.807, 2.05) is 34.9 Å². The van der Waals surface area contributed by atoms with Crippen LogP contribution in [0.3, 0.4) is 0 Å². The summed E-state index contributed by atoms with van der Waals surface area (Å²) in [4.78, 5) is 24.4. The number of nitrogens with zero attached hydrogens (tertiary/aromatic N) is 3. The summed E-state index contributed by atoms with van der Waals surface area (Å²) in [6.07, 6.45) is 0. The second-order valence-electron chi connectivity index (χ2n) is 7.86. The highest BCUT2D eigenvalue weighted by Gasteiger charge is 2.21. The van der Waals surface area contributed by atoms with Crippen molar-refractivity contribution in [2.45, 2.75) is 12.1 Å². The molecule has 10 heteroatoms. The van der Waals surface area contributed by atoms with Gasteiger partial charge in [0.05, 0.1) is 27.1 Å². The van der Waals surface area contributed by atoms with E-state index < -0.39 is 0 Å². The van der Waals surface area contributed by atoms with Gasteiger partial charge in [0, 0.05) is 22.5 Å². The first-order valence-corrected chi connectivity index (χ1v) is 12.3. The lowest BCUT2D eigenvalue weighted by Crippen LogP contribution is -2.15. The predicted molar refractivity (Wildman–Crippen MR) is 142 cm³/mol. The van der Waals surface area contributed by atoms with E-state index in [1.54, 1.807) is 57.7 Å². The highest BCUT2D eigenvalue weighted by Crippen LogP contribution is 2.41. The van der Waals surface area contributed by atoms with Gasteiger partial charge in [-0.05, 0) is 43.3 Å². The van der Waals surface area contributed by atoms with Crippen molar-refractivity contribution in [3.05, 3.63) is 72.3 Å². The SMILES string of the molecule is COc1cc(-c2nnc(SCC(=O)Nc3cccc(C(C)=O)c3)n2-c2ccccc2)cc(OC)c1OC. The van der Waals surface area contributed by atoms with Crippen molar-refractivity contribution in [2.24, 2.45) is 0 Å². The number of hydrogen-bond donors (Lipinski definition) is 1. The summed E-state index contributed by atoms with van der Waals surface area (Å²) in [5, 5.41) is 12.2. The lowest BCUT2D eigenvalue weighted by molar-refractivity contribution is -0.113. The molecule has 4 rings (SSSR count). The van der Waals surface area contributed by atoms with Crippen molar-refractivity contribution in [3.8, 4) is 34.3 Å². The Bertz CT molecular complexity index is 1400. The van der Waals surface area contributed by atoms with Crippen LogP contribution in [0.5, 0.6) is 17.2 Å². The maximum Gasteiger partial charge on any atom is 0.234 e. The van der Waals surface area contributed by atoms with Crippen LogP contribution < -0.4 is 19.5 Å². The van der Waals surface area contributed by atoms with Crippen LogP contribution in [0.2, 0.25) is 0 Å². The number of benzene rings is 3. The van der Waals surface area contributed by atoms with Crippen LogP contribution in [0.4, 0.5) is 5.69 Å². The lowest BCUT2D eigenvalue weighted by atomic mass is 10.1. The van der Waals surface area contributed by atoms with E-state index in [1.165, 1.54) is 18.7 Å². The molecule has 0 unspecified atom stereocenters. The second kappa shape index (κ2) is 11.6. The second-order valence-corrected chi connectivity index (χ2v) is 8.81. The number of hydrogen-bond acceptors (Lipinski definition) is 8. The number of thioether (sulfide) groups is 1. The Labute approximate surface area is 218 Å². The fourth-order valence-corrected chi connectivity index (χ4v) is 4.47. The fourth-order valence-electron chi connectivity index (χ4n) is 3.71. The first-order chi connectivity index (χ1) is 17.9. The van der Waals surface area contributed by atoms with Crippen LogP contribution in [0.15, 0.2) is 71.9 Å². The molecule has 3 aromatic carbocycles. The van der Waals surface area contributed by atoms with Crippen molar-refractivity contribution in [2.75, 3.05) is 32.4 Å². The number of aromatic nitrogens is 3. The van der Waals surface area contributed by atoms with Gasteiger partial charge in [0.2, 0.25) is 11.7 Å². The van der Waals surface area contributed by atoms with Gasteiger partial charge < -0.3 is 19.5 Å². The standard InChI is InChI=1S/C27H26N4O5S/c1-17(32)18-9-8-10-20(13-18)28-24(33)16-37-27-30-29-26(31(27)21-11-6-5-7-12-21)19-14-22(34-2)25(36-4)23(15-19)35-3/h5-15H,16H2,1-4H3,(H,28,33). The van der Waals surface area contributed by atoms with Crippen molar-refractivity contribution in [1.29, 1.82) is 0 Å². The zero-order chi connectivity index (χ0) is 26.4. The molecule has 190 valence electrons. The average Bonchev–Trinajstić information content (AvgIpc) is 3.35. The van der Waals surface area contributed by atoms with E-state index in [0.29, 0.717) is 45.0 Å². The van der Waals surface area contributed by atoms with Gasteiger partial charge in [-0.25, -0.2) is 0 Å². The Morgan fingerprint density at radius 1 is 0.892 bits per heavy atom. The summed E-state index contributed by atoms with van der Waals surface area (Å²) in [6, 6.07) is 20.0. The number of methoxy groups -OCH3 is 3. The van der Waals surface area contributed by atoms with E-state index in [-0.39, 0.29) is 17.4 Å². The van der Waals surface area contributed by atoms with Crippen molar-refractivity contribution in [1.82, 2.24) is 14.8 Å². The van der Waals surface area contributed by atoms with Crippen molar-refractivity contribution >= 4 is 29.1 Å². The van der Waals surface area contributed by atoms with Gasteiger partial charge in [0.25, 0.3) is 0 Å². The third kappa shape index (κ3) is 5.75. The van der Waals surface area contributed by atoms with E-state index in [0.717, 1.165) is 5.69 Å². The Morgan fingerprint density at radius 3 is 2.22 bits per heavy atom. The summed E-state index contributed by atoms with van der Waals surface area (Å²) in [5.41, 5.74) is 2.61. The molecule has 0 spiro atoms. The van der Waals surface area contributed by atoms with Crippen LogP contribution in [0.25, 0.3) is 17.1 Å². The molecule has 0 radical (unpaired) electrons. The minimum Gasteiger partial charge on any atom is -0.493 e. The van der Waals surface area contributed by atoms with Gasteiger partial charge in [-0.3, -0.25) is 14.2 Å². The van der Waals surface area contributed by atoms with E-state index >= 15 is 0 Å². The normalized spacial score (nSPS) is 10.6. The van der Waals surface area contributed by atoms with Crippen LogP contribution in [-0.4, -0.2) is 53.5 Å². The smallest absolute Gasteiger partial charge is 0.234 e. The zero-order valence-corrected chi connectivity index (χ0v) is 21.7. The molecule has 0 saturated carbocycles. The molecule has 1 N–H and O–H groups in total. The number of amides is 1. The molecule has 0 fully saturated rings. The molecule has 1 aromatic heterocycles. The van der Waals surface area contributed by atoms with Crippen LogP contribution in [0, 0.1) is 0 Å². The van der Waals surface area contributed by atoms with Gasteiger partial charge in [-0.1, -0.05) is 42.1 Å². The molecule has 0 saturated heterocycles. The Kier molecular flexibility index (Phi) is 8.09. The van der Waals surface area contributed by atoms with Crippen LogP contribution >= 0.6 is 11.8 Å². The Hall–Kier alpha value is -4.31. The molecule has 0 aliphatic heterocycles. The molecular formula is C27H26N4O5S. The largest absolute Gasteiger partial charge is 0.493 e. The Balaban J connectivity index is 1.65. The van der Waals surface area contributed by atoms with E-state index in [4.69, 9.17) is 14.2 Å². The highest BCUT2D eigenvalue weighted by molar-refractivity contribution is 7.99. The number of rotatable bonds is 10. The number of ether oxygens (including phenoxy) is 3. The van der Waals surface area contributed by atoms with Gasteiger partial charge in [-0.2, -0.15) is 0 Å². The monoisotopic (exact) mass is 518 g/mol. The molecule has 4 aromatic rings. The van der Waals surface area contributed by atoms with Gasteiger partial charge >= 0.3 is 0 Å². The number of nitrogens with one attached hydrogen (secondary N) is 1.